The van der Waals surface area contributed by atoms with Crippen molar-refractivity contribution in [3.8, 4) is 0 Å². The molecule has 2 radical (unpaired) electrons. The van der Waals surface area contributed by atoms with Crippen LogP contribution in [0.15, 0.2) is 18.2 Å². The Balaban J connectivity index is 2.82. The van der Waals surface area contributed by atoms with Crippen molar-refractivity contribution in [1.82, 2.24) is 4.98 Å². The van der Waals surface area contributed by atoms with E-state index in [4.69, 9.17) is 7.85 Å². The van der Waals surface area contributed by atoms with E-state index >= 15 is 0 Å². The maximum Gasteiger partial charge on any atom is 0.113 e. The van der Waals surface area contributed by atoms with E-state index in [1.807, 2.05) is 25.1 Å². The van der Waals surface area contributed by atoms with Crippen molar-refractivity contribution in [2.24, 2.45) is 0 Å². The number of thiazole rings is 1. The monoisotopic (exact) mass is 159 g/mol. The minimum absolute atomic E-state index is 0.780. The van der Waals surface area contributed by atoms with Gasteiger partial charge in [-0.15, -0.1) is 11.3 Å². The summed E-state index contributed by atoms with van der Waals surface area (Å²) in [5, 5.41) is 1.09. The minimum Gasteiger partial charge on any atom is -0.242 e. The molecule has 3 heteroatoms. The smallest absolute Gasteiger partial charge is 0.113 e. The molecule has 52 valence electrons. The van der Waals surface area contributed by atoms with Crippen LogP contribution in [0, 0.1) is 6.92 Å². The fourth-order valence-corrected chi connectivity index (χ4v) is 1.87. The summed E-state index contributed by atoms with van der Waals surface area (Å²) in [5.41, 5.74) is 1.79. The molecule has 0 saturated carbocycles. The molecule has 0 atom stereocenters. The van der Waals surface area contributed by atoms with Gasteiger partial charge in [0, 0.05) is 0 Å². The second-order valence-electron chi connectivity index (χ2n) is 2.46. The quantitative estimate of drug-likeness (QED) is 0.529. The largest absolute Gasteiger partial charge is 0.242 e. The van der Waals surface area contributed by atoms with Gasteiger partial charge in [0.1, 0.15) is 7.85 Å². The molecule has 0 saturated heterocycles. The Bertz CT molecular complexity index is 394. The molecule has 1 aromatic heterocycles. The highest BCUT2D eigenvalue weighted by molar-refractivity contribution is 7.18. The molecule has 0 aliphatic heterocycles. The molecule has 0 bridgehead atoms. The summed E-state index contributed by atoms with van der Waals surface area (Å²) in [4.78, 5) is 4.31. The highest BCUT2D eigenvalue weighted by atomic mass is 32.1. The van der Waals surface area contributed by atoms with Crippen LogP contribution in [0.4, 0.5) is 0 Å². The Labute approximate surface area is 70.5 Å². The Morgan fingerprint density at radius 1 is 1.45 bits per heavy atom. The predicted octanol–water partition coefficient (Wildman–Crippen LogP) is 1.40. The van der Waals surface area contributed by atoms with E-state index in [2.05, 4.69) is 4.98 Å². The van der Waals surface area contributed by atoms with Gasteiger partial charge >= 0.3 is 0 Å². The van der Waals surface area contributed by atoms with E-state index in [9.17, 15) is 0 Å². The molecule has 0 aliphatic rings. The van der Waals surface area contributed by atoms with Gasteiger partial charge in [-0.25, -0.2) is 4.98 Å². The third kappa shape index (κ3) is 1.16. The Morgan fingerprint density at radius 2 is 2.27 bits per heavy atom. The number of nitrogens with zero attached hydrogens (tertiary/aromatic N) is 1. The van der Waals surface area contributed by atoms with E-state index in [0.717, 1.165) is 16.0 Å². The van der Waals surface area contributed by atoms with Gasteiger partial charge in [0.15, 0.2) is 0 Å². The topological polar surface area (TPSA) is 12.9 Å². The van der Waals surface area contributed by atoms with Crippen LogP contribution in [-0.2, 0) is 0 Å². The molecule has 2 aromatic rings. The van der Waals surface area contributed by atoms with Crippen LogP contribution in [0.5, 0.6) is 0 Å². The lowest BCUT2D eigenvalue weighted by Crippen LogP contribution is -1.98. The molecule has 0 N–H and O–H groups in total. The van der Waals surface area contributed by atoms with Gasteiger partial charge in [-0.2, -0.15) is 0 Å². The maximum absolute atomic E-state index is 5.60. The zero-order valence-electron chi connectivity index (χ0n) is 6.16. The average molecular weight is 159 g/mol. The van der Waals surface area contributed by atoms with Crippen molar-refractivity contribution in [2.45, 2.75) is 6.92 Å². The van der Waals surface area contributed by atoms with Gasteiger partial charge < -0.3 is 0 Å². The first-order valence-corrected chi connectivity index (χ1v) is 4.20. The SMILES string of the molecule is [B]c1ccc2sc(C)nc2c1. The number of aromatic nitrogens is 1. The molecule has 0 fully saturated rings. The zero-order chi connectivity index (χ0) is 7.84. The summed E-state index contributed by atoms with van der Waals surface area (Å²) in [6, 6.07) is 5.81. The number of hydrogen-bond acceptors (Lipinski definition) is 2. The minimum atomic E-state index is 0.780. The maximum atomic E-state index is 5.60. The van der Waals surface area contributed by atoms with Crippen molar-refractivity contribution < 1.29 is 0 Å². The Hall–Kier alpha value is -0.825. The first kappa shape index (κ1) is 6.86. The summed E-state index contributed by atoms with van der Waals surface area (Å²) in [6.45, 7) is 2.00. The van der Waals surface area contributed by atoms with Crippen LogP contribution in [0.3, 0.4) is 0 Å². The molecule has 1 heterocycles. The highest BCUT2D eigenvalue weighted by Crippen LogP contribution is 2.19. The van der Waals surface area contributed by atoms with E-state index in [0.29, 0.717) is 0 Å². The van der Waals surface area contributed by atoms with Crippen LogP contribution in [0.1, 0.15) is 5.01 Å². The van der Waals surface area contributed by atoms with Crippen molar-refractivity contribution in [1.29, 1.82) is 0 Å². The standard InChI is InChI=1S/C8H6BNS/c1-5-10-7-4-6(9)2-3-8(7)11-5/h2-4H,1H3. The fraction of sp³-hybridized carbons (Fsp3) is 0.125. The van der Waals surface area contributed by atoms with Gasteiger partial charge in [0.25, 0.3) is 0 Å². The van der Waals surface area contributed by atoms with Crippen LogP contribution in [-0.4, -0.2) is 12.8 Å². The van der Waals surface area contributed by atoms with E-state index in [1.54, 1.807) is 11.3 Å². The first-order chi connectivity index (χ1) is 5.25. The normalized spacial score (nSPS) is 10.6. The van der Waals surface area contributed by atoms with E-state index in [1.165, 1.54) is 4.70 Å². The summed E-state index contributed by atoms with van der Waals surface area (Å²) >= 11 is 1.69. The van der Waals surface area contributed by atoms with E-state index in [-0.39, 0.29) is 0 Å². The van der Waals surface area contributed by atoms with Gasteiger partial charge in [-0.3, -0.25) is 0 Å². The second kappa shape index (κ2) is 2.34. The molecular formula is C8H6BNS. The molecule has 11 heavy (non-hydrogen) atoms. The summed E-state index contributed by atoms with van der Waals surface area (Å²) in [7, 11) is 5.60. The molecule has 2 rings (SSSR count). The first-order valence-electron chi connectivity index (χ1n) is 3.38. The lowest BCUT2D eigenvalue weighted by atomic mass is 9.96. The van der Waals surface area contributed by atoms with E-state index < -0.39 is 0 Å². The summed E-state index contributed by atoms with van der Waals surface area (Å²) in [5.74, 6) is 0. The number of fused-ring (bicyclic) bond motifs is 1. The van der Waals surface area contributed by atoms with Gasteiger partial charge in [0.05, 0.1) is 15.2 Å². The molecule has 0 spiro atoms. The third-order valence-electron chi connectivity index (χ3n) is 1.52. The molecule has 1 aromatic carbocycles. The highest BCUT2D eigenvalue weighted by Gasteiger charge is 1.97. The van der Waals surface area contributed by atoms with Crippen LogP contribution >= 0.6 is 11.3 Å². The molecule has 0 unspecified atom stereocenters. The van der Waals surface area contributed by atoms with Gasteiger partial charge in [-0.1, -0.05) is 11.5 Å². The van der Waals surface area contributed by atoms with Crippen molar-refractivity contribution in [3.63, 3.8) is 0 Å². The molecule has 1 nitrogen and oxygen atoms in total. The molecule has 0 aliphatic carbocycles. The average Bonchev–Trinajstić information content (AvgIpc) is 2.27. The molecule has 0 amide bonds. The number of benzene rings is 1. The summed E-state index contributed by atoms with van der Waals surface area (Å²) < 4.78 is 1.21. The summed E-state index contributed by atoms with van der Waals surface area (Å²) in [6.07, 6.45) is 0. The number of aryl methyl sites for hydroxylation is 1. The van der Waals surface area contributed by atoms with Crippen LogP contribution in [0.2, 0.25) is 0 Å². The lowest BCUT2D eigenvalue weighted by molar-refractivity contribution is 1.35. The van der Waals surface area contributed by atoms with Crippen LogP contribution in [0.25, 0.3) is 10.2 Å². The van der Waals surface area contributed by atoms with Gasteiger partial charge in [0.2, 0.25) is 0 Å². The van der Waals surface area contributed by atoms with Crippen LogP contribution < -0.4 is 5.46 Å². The second-order valence-corrected chi connectivity index (χ2v) is 3.69. The number of rotatable bonds is 0. The lowest BCUT2D eigenvalue weighted by Gasteiger charge is -1.89. The van der Waals surface area contributed by atoms with Crippen molar-refractivity contribution in [2.75, 3.05) is 0 Å². The predicted molar refractivity (Wildman–Crippen MR) is 49.7 cm³/mol. The fourth-order valence-electron chi connectivity index (χ4n) is 1.06. The molecular weight excluding hydrogens is 153 g/mol. The van der Waals surface area contributed by atoms with Crippen molar-refractivity contribution in [3.05, 3.63) is 23.2 Å². The Kier molecular flexibility index (Phi) is 1.46. The number of hydrogen-bond donors (Lipinski definition) is 0. The third-order valence-corrected chi connectivity index (χ3v) is 2.47. The Morgan fingerprint density at radius 3 is 3.09 bits per heavy atom. The van der Waals surface area contributed by atoms with Crippen molar-refractivity contribution >= 4 is 34.9 Å². The van der Waals surface area contributed by atoms with Gasteiger partial charge in [-0.05, 0) is 19.1 Å². The zero-order valence-corrected chi connectivity index (χ0v) is 6.98.